The number of hydrogen-bond acceptors (Lipinski definition) is 7. The number of aromatic amines is 1. The number of nitrogens with one attached hydrogen (secondary N) is 2. The Morgan fingerprint density at radius 3 is 2.33 bits per heavy atom. The molecule has 42 heavy (non-hydrogen) atoms. The topological polar surface area (TPSA) is 127 Å². The van der Waals surface area contributed by atoms with Crippen LogP contribution < -0.4 is 5.32 Å². The second-order valence-electron chi connectivity index (χ2n) is 11.9. The van der Waals surface area contributed by atoms with Gasteiger partial charge < -0.3 is 19.8 Å². The van der Waals surface area contributed by atoms with Gasteiger partial charge in [-0.25, -0.2) is 23.0 Å². The van der Waals surface area contributed by atoms with Crippen molar-refractivity contribution < 1.29 is 27.5 Å². The molecule has 224 valence electrons. The number of nitrogens with zero attached hydrogens (tertiary/aromatic N) is 1. The first-order valence-electron chi connectivity index (χ1n) is 13.2. The van der Waals surface area contributed by atoms with Crippen LogP contribution in [0.15, 0.2) is 46.9 Å². The Bertz CT molecular complexity index is 1790. The molecule has 2 aromatic heterocycles. The highest BCUT2D eigenvalue weighted by Crippen LogP contribution is 2.37. The summed E-state index contributed by atoms with van der Waals surface area (Å²) >= 11 is 9.80. The monoisotopic (exact) mass is 677 g/mol. The summed E-state index contributed by atoms with van der Waals surface area (Å²) in [6, 6.07) is 12.2. The molecule has 0 saturated carbocycles. The number of carbonyl (C=O) groups is 2. The SMILES string of the molecule is CC(C)(C)OC(=O)NCCS(=O)(=O)Cc1cc(-c2c(C(=O)OC(C)(C)C)[nH]c3ccc(Br)cc23)nc2cc(Cl)ccc12. The molecule has 2 heterocycles. The van der Waals surface area contributed by atoms with Crippen molar-refractivity contribution in [3.05, 3.63) is 63.2 Å². The molecule has 9 nitrogen and oxygen atoms in total. The van der Waals surface area contributed by atoms with Gasteiger partial charge in [0.1, 0.15) is 16.9 Å². The summed E-state index contributed by atoms with van der Waals surface area (Å²) in [5.41, 5.74) is 1.24. The van der Waals surface area contributed by atoms with Crippen LogP contribution in [0.5, 0.6) is 0 Å². The van der Waals surface area contributed by atoms with Gasteiger partial charge in [-0.05, 0) is 83.5 Å². The molecule has 0 aliphatic rings. The van der Waals surface area contributed by atoms with Gasteiger partial charge in [-0.2, -0.15) is 0 Å². The minimum absolute atomic E-state index is 0.113. The minimum Gasteiger partial charge on any atom is -0.455 e. The molecule has 0 fully saturated rings. The second-order valence-corrected chi connectivity index (χ2v) is 15.5. The summed E-state index contributed by atoms with van der Waals surface area (Å²) in [6.45, 7) is 10.4. The van der Waals surface area contributed by atoms with E-state index in [0.29, 0.717) is 43.6 Å². The number of benzene rings is 2. The van der Waals surface area contributed by atoms with Gasteiger partial charge in [-0.3, -0.25) is 0 Å². The fourth-order valence-electron chi connectivity index (χ4n) is 4.37. The van der Waals surface area contributed by atoms with Gasteiger partial charge in [-0.1, -0.05) is 33.6 Å². The van der Waals surface area contributed by atoms with Crippen LogP contribution in [0, 0.1) is 0 Å². The van der Waals surface area contributed by atoms with Crippen molar-refractivity contribution in [1.29, 1.82) is 0 Å². The van der Waals surface area contributed by atoms with Crippen LogP contribution in [0.1, 0.15) is 57.6 Å². The number of pyridine rings is 1. The average Bonchev–Trinajstić information content (AvgIpc) is 3.20. The van der Waals surface area contributed by atoms with E-state index < -0.39 is 33.1 Å². The van der Waals surface area contributed by atoms with E-state index in [4.69, 9.17) is 26.1 Å². The van der Waals surface area contributed by atoms with Gasteiger partial charge >= 0.3 is 12.1 Å². The van der Waals surface area contributed by atoms with Crippen molar-refractivity contribution in [3.63, 3.8) is 0 Å². The highest BCUT2D eigenvalue weighted by Gasteiger charge is 2.27. The lowest BCUT2D eigenvalue weighted by molar-refractivity contribution is 0.00644. The zero-order valence-corrected chi connectivity index (χ0v) is 27.4. The largest absolute Gasteiger partial charge is 0.455 e. The molecule has 0 saturated heterocycles. The number of alkyl carbamates (subject to hydrolysis) is 1. The van der Waals surface area contributed by atoms with Crippen molar-refractivity contribution in [3.8, 4) is 11.3 Å². The number of hydrogen-bond donors (Lipinski definition) is 2. The van der Waals surface area contributed by atoms with Crippen molar-refractivity contribution in [2.75, 3.05) is 12.3 Å². The first-order valence-corrected chi connectivity index (χ1v) is 16.2. The number of halogens is 2. The van der Waals surface area contributed by atoms with E-state index in [2.05, 4.69) is 26.2 Å². The quantitative estimate of drug-likeness (QED) is 0.198. The Morgan fingerprint density at radius 1 is 0.976 bits per heavy atom. The molecule has 2 aromatic carbocycles. The standard InChI is InChI=1S/C30H33BrClN3O6S/c1-29(2,3)40-27(36)26-25(21-14-18(31)7-10-22(21)35-26)24-13-17(20-9-8-19(32)15-23(20)34-24)16-42(38,39)12-11-33-28(37)41-30(4,5)6/h7-10,13-15,35H,11-12,16H2,1-6H3,(H,33,37). The lowest BCUT2D eigenvalue weighted by Gasteiger charge is -2.20. The molecular weight excluding hydrogens is 646 g/mol. The first kappa shape index (κ1) is 31.8. The number of ether oxygens (including phenoxy) is 2. The molecule has 0 aliphatic heterocycles. The third-order valence-electron chi connectivity index (χ3n) is 5.93. The number of amides is 1. The molecule has 0 bridgehead atoms. The van der Waals surface area contributed by atoms with E-state index in [1.807, 2.05) is 18.2 Å². The summed E-state index contributed by atoms with van der Waals surface area (Å²) < 4.78 is 38.1. The Morgan fingerprint density at radius 2 is 1.67 bits per heavy atom. The predicted molar refractivity (Wildman–Crippen MR) is 169 cm³/mol. The number of H-pyrrole nitrogens is 1. The van der Waals surface area contributed by atoms with Crippen molar-refractivity contribution in [2.24, 2.45) is 0 Å². The average molecular weight is 679 g/mol. The first-order chi connectivity index (χ1) is 19.4. The fraction of sp³-hybridized carbons (Fsp3) is 0.367. The summed E-state index contributed by atoms with van der Waals surface area (Å²) in [6.07, 6.45) is -0.691. The molecule has 1 amide bonds. The fourth-order valence-corrected chi connectivity index (χ4v) is 6.16. The number of sulfone groups is 1. The lowest BCUT2D eigenvalue weighted by Crippen LogP contribution is -2.35. The third-order valence-corrected chi connectivity index (χ3v) is 8.24. The maximum absolute atomic E-state index is 13.3. The normalized spacial score (nSPS) is 12.5. The Kier molecular flexibility index (Phi) is 8.97. The zero-order chi connectivity index (χ0) is 31.0. The zero-order valence-electron chi connectivity index (χ0n) is 24.2. The molecule has 2 N–H and O–H groups in total. The van der Waals surface area contributed by atoms with Gasteiger partial charge in [0, 0.05) is 37.9 Å². The van der Waals surface area contributed by atoms with E-state index in [9.17, 15) is 18.0 Å². The number of fused-ring (bicyclic) bond motifs is 2. The number of aromatic nitrogens is 2. The maximum atomic E-state index is 13.3. The van der Waals surface area contributed by atoms with E-state index in [0.717, 1.165) is 4.47 Å². The number of esters is 1. The summed E-state index contributed by atoms with van der Waals surface area (Å²) in [5, 5.41) is 4.23. The van der Waals surface area contributed by atoms with Gasteiger partial charge in [0.2, 0.25) is 0 Å². The number of rotatable bonds is 7. The summed E-state index contributed by atoms with van der Waals surface area (Å²) in [7, 11) is -3.70. The van der Waals surface area contributed by atoms with Crippen LogP contribution >= 0.6 is 27.5 Å². The van der Waals surface area contributed by atoms with Crippen molar-refractivity contribution >= 4 is 71.2 Å². The molecule has 0 atom stereocenters. The second kappa shape index (κ2) is 11.9. The van der Waals surface area contributed by atoms with Crippen LogP contribution in [-0.2, 0) is 25.1 Å². The molecule has 0 spiro atoms. The minimum atomic E-state index is -3.70. The molecule has 0 radical (unpaired) electrons. The van der Waals surface area contributed by atoms with Crippen molar-refractivity contribution in [2.45, 2.75) is 58.5 Å². The smallest absolute Gasteiger partial charge is 0.407 e. The van der Waals surface area contributed by atoms with Crippen LogP contribution in [-0.4, -0.2) is 53.9 Å². The van der Waals surface area contributed by atoms with Crippen LogP contribution in [0.3, 0.4) is 0 Å². The third kappa shape index (κ3) is 8.02. The van der Waals surface area contributed by atoms with E-state index in [1.165, 1.54) is 0 Å². The van der Waals surface area contributed by atoms with Crippen LogP contribution in [0.2, 0.25) is 5.02 Å². The predicted octanol–water partition coefficient (Wildman–Crippen LogP) is 7.19. The van der Waals surface area contributed by atoms with E-state index in [-0.39, 0.29) is 23.7 Å². The maximum Gasteiger partial charge on any atom is 0.407 e. The Balaban J connectivity index is 1.79. The highest BCUT2D eigenvalue weighted by molar-refractivity contribution is 9.10. The van der Waals surface area contributed by atoms with Gasteiger partial charge in [0.15, 0.2) is 9.84 Å². The van der Waals surface area contributed by atoms with Gasteiger partial charge in [0.25, 0.3) is 0 Å². The van der Waals surface area contributed by atoms with Crippen LogP contribution in [0.25, 0.3) is 33.1 Å². The highest BCUT2D eigenvalue weighted by atomic mass is 79.9. The Labute approximate surface area is 258 Å². The molecular formula is C30H33BrClN3O6S. The summed E-state index contributed by atoms with van der Waals surface area (Å²) in [5.74, 6) is -1.20. The van der Waals surface area contributed by atoms with Crippen molar-refractivity contribution in [1.82, 2.24) is 15.3 Å². The van der Waals surface area contributed by atoms with Crippen LogP contribution in [0.4, 0.5) is 4.79 Å². The molecule has 0 aliphatic carbocycles. The summed E-state index contributed by atoms with van der Waals surface area (Å²) in [4.78, 5) is 33.3. The lowest BCUT2D eigenvalue weighted by atomic mass is 10.0. The van der Waals surface area contributed by atoms with E-state index >= 15 is 0 Å². The molecule has 0 unspecified atom stereocenters. The van der Waals surface area contributed by atoms with Gasteiger partial charge in [0.05, 0.1) is 22.7 Å². The number of carbonyl (C=O) groups excluding carboxylic acids is 2. The molecule has 12 heteroatoms. The Hall–Kier alpha value is -3.15. The van der Waals surface area contributed by atoms with E-state index in [1.54, 1.807) is 65.8 Å². The molecule has 4 aromatic rings. The van der Waals surface area contributed by atoms with Gasteiger partial charge in [-0.15, -0.1) is 0 Å². The molecule has 4 rings (SSSR count).